The van der Waals surface area contributed by atoms with Crippen LogP contribution < -0.4 is 9.47 Å². The normalized spacial score (nSPS) is 22.5. The Balaban J connectivity index is 1.44. The van der Waals surface area contributed by atoms with Crippen LogP contribution in [-0.2, 0) is 20.9 Å². The highest BCUT2D eigenvalue weighted by Crippen LogP contribution is 2.62. The predicted molar refractivity (Wildman–Crippen MR) is 252 cm³/mol. The number of nitro benzene ring substituents is 1. The molecule has 1 saturated carbocycles. The number of oxime groups is 1. The van der Waals surface area contributed by atoms with Gasteiger partial charge in [-0.3, -0.25) is 14.9 Å². The number of aryl methyl sites for hydroxylation is 2. The third-order valence-electron chi connectivity index (χ3n) is 13.1. The lowest BCUT2D eigenvalue weighted by molar-refractivity contribution is -0.384. The highest BCUT2D eigenvalue weighted by molar-refractivity contribution is 6.03. The van der Waals surface area contributed by atoms with E-state index in [0.29, 0.717) is 53.5 Å². The van der Waals surface area contributed by atoms with Gasteiger partial charge >= 0.3 is 0 Å². The van der Waals surface area contributed by atoms with E-state index in [1.54, 1.807) is 41.3 Å². The van der Waals surface area contributed by atoms with Crippen LogP contribution in [0, 0.1) is 47.5 Å². The summed E-state index contributed by atoms with van der Waals surface area (Å²) >= 11 is 0. The fourth-order valence-corrected chi connectivity index (χ4v) is 9.87. The topological polar surface area (TPSA) is 153 Å². The quantitative estimate of drug-likeness (QED) is 0.0273. The number of hydrogen-bond donors (Lipinski definition) is 2. The van der Waals surface area contributed by atoms with Gasteiger partial charge in [0.2, 0.25) is 11.7 Å². The second-order valence-electron chi connectivity index (χ2n) is 17.3. The average molecular weight is 902 g/mol. The van der Waals surface area contributed by atoms with Crippen LogP contribution in [0.15, 0.2) is 120 Å². The van der Waals surface area contributed by atoms with Crippen LogP contribution in [0.4, 0.5) is 10.1 Å². The van der Waals surface area contributed by atoms with Gasteiger partial charge in [0.1, 0.15) is 35.7 Å². The number of hydrogen-bond acceptors (Lipinski definition) is 10. The first-order valence-corrected chi connectivity index (χ1v) is 22.9. The Morgan fingerprint density at radius 1 is 0.970 bits per heavy atom. The number of rotatable bonds is 21. The Hall–Kier alpha value is -6.15. The van der Waals surface area contributed by atoms with Gasteiger partial charge in [-0.25, -0.2) is 4.39 Å². The molecule has 1 amide bonds. The van der Waals surface area contributed by atoms with Gasteiger partial charge in [-0.1, -0.05) is 48.3 Å². The Bertz CT molecular complexity index is 2440. The molecule has 4 aromatic rings. The molecule has 4 aromatic carbocycles. The van der Waals surface area contributed by atoms with Crippen LogP contribution >= 0.6 is 0 Å². The van der Waals surface area contributed by atoms with Gasteiger partial charge in [0, 0.05) is 55.9 Å². The van der Waals surface area contributed by atoms with E-state index >= 15 is 4.79 Å². The number of halogens is 1. The Morgan fingerprint density at radius 3 is 2.36 bits per heavy atom. The number of fused-ring (bicyclic) bond motifs is 2. The van der Waals surface area contributed by atoms with Crippen molar-refractivity contribution in [3.05, 3.63) is 159 Å². The third-order valence-corrected chi connectivity index (χ3v) is 13.1. The van der Waals surface area contributed by atoms with Gasteiger partial charge in [0.15, 0.2) is 0 Å². The first kappa shape index (κ1) is 47.8. The van der Waals surface area contributed by atoms with Crippen molar-refractivity contribution >= 4 is 23.4 Å². The van der Waals surface area contributed by atoms with Crippen molar-refractivity contribution in [1.82, 2.24) is 4.90 Å². The lowest BCUT2D eigenvalue weighted by Crippen LogP contribution is -2.70. The molecule has 2 aliphatic carbocycles. The minimum Gasteiger partial charge on any atom is -0.459 e. The summed E-state index contributed by atoms with van der Waals surface area (Å²) in [5, 5.41) is 36.1. The summed E-state index contributed by atoms with van der Waals surface area (Å²) in [6.07, 6.45) is 11.5. The summed E-state index contributed by atoms with van der Waals surface area (Å²) in [5.41, 5.74) is 5.87. The summed E-state index contributed by atoms with van der Waals surface area (Å²) < 4.78 is 35.4. The van der Waals surface area contributed by atoms with Crippen LogP contribution in [0.1, 0.15) is 85.6 Å². The highest BCUT2D eigenvalue weighted by atomic mass is 19.1. The van der Waals surface area contributed by atoms with Gasteiger partial charge < -0.3 is 34.2 Å². The number of benzene rings is 4. The molecular formula is C53H60FN3O9. The first-order chi connectivity index (χ1) is 32.0. The number of carbonyl (C=O) groups is 1. The molecule has 0 spiro atoms. The molecule has 2 N–H and O–H groups in total. The predicted octanol–water partition coefficient (Wildman–Crippen LogP) is 10.5. The second kappa shape index (κ2) is 21.9. The molecule has 1 aliphatic heterocycles. The van der Waals surface area contributed by atoms with E-state index in [1.165, 1.54) is 30.3 Å². The van der Waals surface area contributed by atoms with Crippen molar-refractivity contribution in [1.29, 1.82) is 0 Å². The van der Waals surface area contributed by atoms with Crippen LogP contribution in [0.3, 0.4) is 0 Å². The summed E-state index contributed by atoms with van der Waals surface area (Å²) in [7, 11) is 0. The van der Waals surface area contributed by atoms with Crippen LogP contribution in [0.2, 0.25) is 0 Å². The van der Waals surface area contributed by atoms with E-state index in [0.717, 1.165) is 47.9 Å². The van der Waals surface area contributed by atoms with E-state index < -0.39 is 34.4 Å². The zero-order valence-electron chi connectivity index (χ0n) is 37.9. The fourth-order valence-electron chi connectivity index (χ4n) is 9.87. The molecule has 0 saturated heterocycles. The monoisotopic (exact) mass is 901 g/mol. The van der Waals surface area contributed by atoms with Gasteiger partial charge in [-0.15, -0.1) is 6.58 Å². The number of aliphatic hydroxyl groups excluding tert-OH is 2. The third kappa shape index (κ3) is 10.6. The fraction of sp³-hybridized carbons (Fsp3) is 0.396. The minimum atomic E-state index is -1.54. The lowest BCUT2D eigenvalue weighted by Gasteiger charge is -2.60. The standard InChI is InChI=1S/C53H60FN3O9/c1-5-29-63-53-49(56(34-38-14-19-40(54)20-15-38)50(60)26-18-37-16-21-41(22-17-37)57(61)62)33-47(55-64-6-2)45-31-39(11-7-9-27-58)44(12-8-10-28-59)51(52(45)53)46-32-43(24-25-48(46)66-53)65-42-23-13-35(3)36(4)30-42/h5,13-26,30-32,39,44,49,51-52,58-59H,1,6-12,27-29,33-34H2,2-4H3. The van der Waals surface area contributed by atoms with Crippen LogP contribution in [-0.4, -0.2) is 69.9 Å². The molecule has 0 bridgehead atoms. The number of aliphatic hydroxyl groups is 2. The SMILES string of the molecule is C=CCOC12Oc3ccc(Oc4ccc(C)c(C)c4)cc3C3C(CCCCO)C(CCCCO)C=C(C(=NOCC)CC1N(Cc1ccc(F)cc1)C(=O)C=Cc1ccc([N+](=O)[O-])cc1)C32. The first-order valence-electron chi connectivity index (χ1n) is 22.9. The van der Waals surface area contributed by atoms with Crippen molar-refractivity contribution < 1.29 is 43.4 Å². The van der Waals surface area contributed by atoms with Crippen LogP contribution in [0.25, 0.3) is 6.08 Å². The zero-order valence-corrected chi connectivity index (χ0v) is 37.9. The molecule has 0 aromatic heterocycles. The molecule has 13 heteroatoms. The van der Waals surface area contributed by atoms with Crippen molar-refractivity contribution in [2.75, 3.05) is 26.4 Å². The van der Waals surface area contributed by atoms with E-state index in [1.807, 2.05) is 44.2 Å². The van der Waals surface area contributed by atoms with Gasteiger partial charge in [0.25, 0.3) is 5.69 Å². The number of amides is 1. The summed E-state index contributed by atoms with van der Waals surface area (Å²) in [4.78, 5) is 33.5. The van der Waals surface area contributed by atoms with Crippen molar-refractivity contribution in [3.8, 4) is 17.2 Å². The maximum absolute atomic E-state index is 15.0. The maximum Gasteiger partial charge on any atom is 0.269 e. The average Bonchev–Trinajstić information content (AvgIpc) is 3.31. The second-order valence-corrected chi connectivity index (χ2v) is 17.3. The van der Waals surface area contributed by atoms with E-state index in [-0.39, 0.29) is 56.2 Å². The van der Waals surface area contributed by atoms with Gasteiger partial charge in [0.05, 0.1) is 23.2 Å². The number of unbranched alkanes of at least 4 members (excludes halogenated alkanes) is 2. The van der Waals surface area contributed by atoms with Gasteiger partial charge in [-0.2, -0.15) is 0 Å². The molecule has 7 rings (SSSR count). The number of non-ortho nitro benzene ring substituents is 1. The number of carbonyl (C=O) groups excluding carboxylic acids is 1. The smallest absolute Gasteiger partial charge is 0.269 e. The largest absolute Gasteiger partial charge is 0.459 e. The zero-order chi connectivity index (χ0) is 46.8. The molecule has 1 fully saturated rings. The molecule has 6 atom stereocenters. The number of ether oxygens (including phenoxy) is 3. The van der Waals surface area contributed by atoms with Crippen molar-refractivity contribution in [2.24, 2.45) is 22.9 Å². The molecule has 66 heavy (non-hydrogen) atoms. The Kier molecular flexibility index (Phi) is 15.9. The molecule has 3 aliphatic rings. The van der Waals surface area contributed by atoms with E-state index in [2.05, 4.69) is 25.6 Å². The maximum atomic E-state index is 15.0. The number of nitro groups is 1. The molecule has 348 valence electrons. The minimum absolute atomic E-state index is 0.00871. The molecule has 12 nitrogen and oxygen atoms in total. The molecule has 1 heterocycles. The molecular weight excluding hydrogens is 842 g/mol. The summed E-state index contributed by atoms with van der Waals surface area (Å²) in [6, 6.07) is 22.9. The summed E-state index contributed by atoms with van der Waals surface area (Å²) in [5.74, 6) is -1.29. The Labute approximate surface area is 386 Å². The van der Waals surface area contributed by atoms with E-state index in [4.69, 9.17) is 24.2 Å². The lowest BCUT2D eigenvalue weighted by atomic mass is 9.55. The molecule has 0 radical (unpaired) electrons. The van der Waals surface area contributed by atoms with Crippen molar-refractivity contribution in [3.63, 3.8) is 0 Å². The highest BCUT2D eigenvalue weighted by Gasteiger charge is 2.65. The molecule has 6 unspecified atom stereocenters. The summed E-state index contributed by atoms with van der Waals surface area (Å²) in [6.45, 7) is 10.5. The van der Waals surface area contributed by atoms with Gasteiger partial charge in [-0.05, 0) is 147 Å². The van der Waals surface area contributed by atoms with E-state index in [9.17, 15) is 24.7 Å². The van der Waals surface area contributed by atoms with Crippen LogP contribution in [0.5, 0.6) is 17.2 Å². The number of allylic oxidation sites excluding steroid dienone is 1. The number of nitrogens with zero attached hydrogens (tertiary/aromatic N) is 3. The Morgan fingerprint density at radius 2 is 1.68 bits per heavy atom. The van der Waals surface area contributed by atoms with Crippen molar-refractivity contribution in [2.45, 2.75) is 90.0 Å².